The summed E-state index contributed by atoms with van der Waals surface area (Å²) < 4.78 is 7.14. The Labute approximate surface area is 406 Å². The highest BCUT2D eigenvalue weighted by atomic mass is 28.3. The number of hydrogen-bond acceptors (Lipinski definition) is 1. The van der Waals surface area contributed by atoms with Crippen molar-refractivity contribution in [3.8, 4) is 28.5 Å². The van der Waals surface area contributed by atoms with E-state index in [0.29, 0.717) is 0 Å². The molecule has 0 aliphatic carbocycles. The lowest BCUT2D eigenvalue weighted by molar-refractivity contribution is 1.01. The van der Waals surface area contributed by atoms with E-state index in [-0.39, 0.29) is 0 Å². The minimum Gasteiger partial charge on any atom is -0.309 e. The van der Waals surface area contributed by atoms with Crippen molar-refractivity contribution in [1.82, 2.24) is 18.7 Å². The van der Waals surface area contributed by atoms with Crippen LogP contribution in [0.4, 0.5) is 0 Å². The normalized spacial score (nSPS) is 12.0. The molecule has 14 rings (SSSR count). The average Bonchev–Trinajstić information content (AvgIpc) is 4.08. The summed E-state index contributed by atoms with van der Waals surface area (Å²) in [4.78, 5) is 5.74. The molecule has 0 unspecified atom stereocenters. The molecule has 0 N–H and O–H groups in total. The van der Waals surface area contributed by atoms with Crippen LogP contribution in [0.5, 0.6) is 0 Å². The zero-order chi connectivity index (χ0) is 46.2. The van der Waals surface area contributed by atoms with Crippen LogP contribution >= 0.6 is 0 Å². The van der Waals surface area contributed by atoms with Crippen molar-refractivity contribution in [3.63, 3.8) is 0 Å². The molecule has 0 aliphatic rings. The molecule has 0 fully saturated rings. The lowest BCUT2D eigenvalue weighted by Crippen LogP contribution is -2.74. The molecule has 10 aromatic carbocycles. The van der Waals surface area contributed by atoms with E-state index < -0.39 is 8.07 Å². The van der Waals surface area contributed by atoms with Gasteiger partial charge < -0.3 is 4.57 Å². The van der Waals surface area contributed by atoms with E-state index in [1.807, 2.05) is 0 Å². The van der Waals surface area contributed by atoms with Gasteiger partial charge in [-0.1, -0.05) is 206 Å². The van der Waals surface area contributed by atoms with Crippen LogP contribution in [0.1, 0.15) is 0 Å². The molecular formula is C65H44N4Si. The number of para-hydroxylation sites is 5. The molecule has 0 saturated carbocycles. The van der Waals surface area contributed by atoms with Gasteiger partial charge in [0, 0.05) is 38.0 Å². The van der Waals surface area contributed by atoms with Gasteiger partial charge in [-0.05, 0) is 92.5 Å². The number of pyridine rings is 1. The lowest BCUT2D eigenvalue weighted by atomic mass is 10.1. The number of fused-ring (bicyclic) bond motifs is 9. The Bertz CT molecular complexity index is 4100. The van der Waals surface area contributed by atoms with Crippen molar-refractivity contribution in [2.75, 3.05) is 0 Å². The van der Waals surface area contributed by atoms with Crippen LogP contribution in [0.2, 0.25) is 0 Å². The van der Waals surface area contributed by atoms with Crippen LogP contribution in [0, 0.1) is 0 Å². The van der Waals surface area contributed by atoms with Gasteiger partial charge in [0.1, 0.15) is 11.6 Å². The molecule has 0 spiro atoms. The summed E-state index contributed by atoms with van der Waals surface area (Å²) >= 11 is 0. The van der Waals surface area contributed by atoms with E-state index in [0.717, 1.165) is 50.5 Å². The van der Waals surface area contributed by atoms with Crippen molar-refractivity contribution in [2.24, 2.45) is 0 Å². The Balaban J connectivity index is 1.04. The van der Waals surface area contributed by atoms with Crippen LogP contribution in [-0.4, -0.2) is 26.8 Å². The summed E-state index contributed by atoms with van der Waals surface area (Å²) in [6.07, 6.45) is 0. The van der Waals surface area contributed by atoms with E-state index in [9.17, 15) is 0 Å². The summed E-state index contributed by atoms with van der Waals surface area (Å²) in [6, 6.07) is 98.1. The van der Waals surface area contributed by atoms with E-state index in [4.69, 9.17) is 4.98 Å². The van der Waals surface area contributed by atoms with Crippen LogP contribution < -0.4 is 20.7 Å². The molecule has 14 aromatic rings. The van der Waals surface area contributed by atoms with Crippen molar-refractivity contribution in [3.05, 3.63) is 267 Å². The van der Waals surface area contributed by atoms with Crippen LogP contribution in [0.15, 0.2) is 267 Å². The second-order valence-electron chi connectivity index (χ2n) is 18.3. The van der Waals surface area contributed by atoms with Gasteiger partial charge in [-0.2, -0.15) is 0 Å². The predicted molar refractivity (Wildman–Crippen MR) is 296 cm³/mol. The number of benzene rings is 10. The molecule has 5 heteroatoms. The second-order valence-corrected chi connectivity index (χ2v) is 22.1. The zero-order valence-electron chi connectivity index (χ0n) is 38.2. The summed E-state index contributed by atoms with van der Waals surface area (Å²) in [5, 5.41) is 12.6. The standard InChI is InChI=1S/C65H44N4Si/c1-4-22-48(23-5-1)70(49-24-6-2-7-25-49,50-26-8-3-9-27-50)51-28-20-21-45(41-51)46-42-64(68-60-36-17-12-31-54(60)55-32-13-18-37-61(55)68)66-65(43-46)69-62-38-19-14-33-56(62)57-44-47(39-40-63(57)69)67-58-34-15-10-29-52(58)53-30-11-16-35-59(53)67/h1-44H. The molecule has 0 atom stereocenters. The molecule has 0 aliphatic heterocycles. The highest BCUT2D eigenvalue weighted by molar-refractivity contribution is 7.19. The number of nitrogens with zero attached hydrogens (tertiary/aromatic N) is 4. The van der Waals surface area contributed by atoms with Gasteiger partial charge in [0.2, 0.25) is 0 Å². The molecular weight excluding hydrogens is 865 g/mol. The van der Waals surface area contributed by atoms with Crippen LogP contribution in [0.25, 0.3) is 93.9 Å². The highest BCUT2D eigenvalue weighted by Crippen LogP contribution is 2.39. The maximum absolute atomic E-state index is 5.74. The SMILES string of the molecule is c1ccc([Si](c2ccccc2)(c2ccccc2)c2cccc(-c3cc(-n4c5ccccc5c5ccccc54)nc(-n4c5ccccc5c5cc(-n6c7ccccc7c7ccccc76)ccc54)c3)c2)cc1. The van der Waals surface area contributed by atoms with Gasteiger partial charge in [-0.25, -0.2) is 4.98 Å². The number of rotatable bonds is 8. The Hall–Kier alpha value is -9.03. The third-order valence-corrected chi connectivity index (χ3v) is 19.4. The molecule has 0 radical (unpaired) electrons. The molecule has 4 aromatic heterocycles. The van der Waals surface area contributed by atoms with Crippen molar-refractivity contribution < 1.29 is 0 Å². The van der Waals surface area contributed by atoms with Crippen molar-refractivity contribution in [1.29, 1.82) is 0 Å². The van der Waals surface area contributed by atoms with Crippen LogP contribution in [0.3, 0.4) is 0 Å². The van der Waals surface area contributed by atoms with E-state index >= 15 is 0 Å². The molecule has 0 bridgehead atoms. The summed E-state index contributed by atoms with van der Waals surface area (Å²) in [7, 11) is -2.83. The first-order chi connectivity index (χ1) is 34.7. The Morgan fingerprint density at radius 1 is 0.243 bits per heavy atom. The summed E-state index contributed by atoms with van der Waals surface area (Å²) in [5.74, 6) is 1.72. The van der Waals surface area contributed by atoms with E-state index in [1.165, 1.54) is 64.1 Å². The smallest absolute Gasteiger partial charge is 0.179 e. The molecule has 70 heavy (non-hydrogen) atoms. The Morgan fingerprint density at radius 3 is 1.04 bits per heavy atom. The van der Waals surface area contributed by atoms with Gasteiger partial charge >= 0.3 is 0 Å². The fraction of sp³-hybridized carbons (Fsp3) is 0. The topological polar surface area (TPSA) is 27.7 Å². The van der Waals surface area contributed by atoms with Crippen molar-refractivity contribution >= 4 is 94.2 Å². The molecule has 4 nitrogen and oxygen atoms in total. The minimum atomic E-state index is -2.83. The maximum Gasteiger partial charge on any atom is 0.179 e. The lowest BCUT2D eigenvalue weighted by Gasteiger charge is -2.34. The third kappa shape index (κ3) is 6.05. The fourth-order valence-electron chi connectivity index (χ4n) is 11.6. The molecule has 4 heterocycles. The first-order valence-corrected chi connectivity index (χ1v) is 26.0. The van der Waals surface area contributed by atoms with E-state index in [1.54, 1.807) is 0 Å². The third-order valence-electron chi connectivity index (χ3n) is 14.6. The summed E-state index contributed by atoms with van der Waals surface area (Å²) in [5.41, 5.74) is 10.2. The van der Waals surface area contributed by atoms with Gasteiger partial charge in [-0.15, -0.1) is 0 Å². The quantitative estimate of drug-likeness (QED) is 0.110. The van der Waals surface area contributed by atoms with Gasteiger partial charge in [-0.3, -0.25) is 9.13 Å². The largest absolute Gasteiger partial charge is 0.309 e. The monoisotopic (exact) mass is 908 g/mol. The molecule has 0 saturated heterocycles. The van der Waals surface area contributed by atoms with Gasteiger partial charge in [0.25, 0.3) is 0 Å². The first kappa shape index (κ1) is 40.1. The van der Waals surface area contributed by atoms with Crippen LogP contribution in [-0.2, 0) is 0 Å². The Kier molecular flexibility index (Phi) is 9.19. The molecule has 328 valence electrons. The maximum atomic E-state index is 5.74. The number of hydrogen-bond donors (Lipinski definition) is 0. The second kappa shape index (κ2) is 16.1. The predicted octanol–water partition coefficient (Wildman–Crippen LogP) is 13.4. The zero-order valence-corrected chi connectivity index (χ0v) is 39.2. The molecule has 0 amide bonds. The number of aromatic nitrogens is 4. The average molecular weight is 909 g/mol. The van der Waals surface area contributed by atoms with Gasteiger partial charge in [0.15, 0.2) is 8.07 Å². The minimum absolute atomic E-state index is 0.855. The van der Waals surface area contributed by atoms with Gasteiger partial charge in [0.05, 0.1) is 33.1 Å². The van der Waals surface area contributed by atoms with Crippen molar-refractivity contribution in [2.45, 2.75) is 0 Å². The highest BCUT2D eigenvalue weighted by Gasteiger charge is 2.41. The Morgan fingerprint density at radius 2 is 0.600 bits per heavy atom. The fourth-order valence-corrected chi connectivity index (χ4v) is 16.4. The van der Waals surface area contributed by atoms with E-state index in [2.05, 4.69) is 281 Å². The summed E-state index contributed by atoms with van der Waals surface area (Å²) in [6.45, 7) is 0. The first-order valence-electron chi connectivity index (χ1n) is 24.0.